The van der Waals surface area contributed by atoms with Crippen molar-refractivity contribution in [3.8, 4) is 34.3 Å². The van der Waals surface area contributed by atoms with Gasteiger partial charge in [0.1, 0.15) is 5.82 Å². The zero-order valence-electron chi connectivity index (χ0n) is 24.1. The van der Waals surface area contributed by atoms with E-state index in [0.29, 0.717) is 53.7 Å². The van der Waals surface area contributed by atoms with Gasteiger partial charge in [0.05, 0.1) is 30.4 Å². The van der Waals surface area contributed by atoms with E-state index < -0.39 is 5.76 Å². The third-order valence-corrected chi connectivity index (χ3v) is 6.80. The van der Waals surface area contributed by atoms with Crippen LogP contribution in [0.15, 0.2) is 69.1 Å². The van der Waals surface area contributed by atoms with Crippen LogP contribution in [0, 0.1) is 0 Å². The van der Waals surface area contributed by atoms with Gasteiger partial charge in [-0.2, -0.15) is 0 Å². The van der Waals surface area contributed by atoms with Gasteiger partial charge in [0.15, 0.2) is 11.6 Å². The molecule has 42 heavy (non-hydrogen) atoms. The van der Waals surface area contributed by atoms with Crippen LogP contribution >= 0.6 is 0 Å². The molecule has 0 radical (unpaired) electrons. The number of ether oxygens (including phenoxy) is 1. The first-order chi connectivity index (χ1) is 20.4. The molecule has 0 atom stereocenters. The van der Waals surface area contributed by atoms with Crippen molar-refractivity contribution in [2.24, 2.45) is 0 Å². The summed E-state index contributed by atoms with van der Waals surface area (Å²) in [5.74, 6) is 1.10. The molecular weight excluding hydrogens is 534 g/mol. The molecule has 0 aliphatic carbocycles. The third-order valence-electron chi connectivity index (χ3n) is 6.80. The Morgan fingerprint density at radius 3 is 2.36 bits per heavy atom. The Labute approximate surface area is 242 Å². The van der Waals surface area contributed by atoms with Crippen molar-refractivity contribution in [1.82, 2.24) is 34.6 Å². The van der Waals surface area contributed by atoms with E-state index in [1.807, 2.05) is 57.2 Å². The lowest BCUT2D eigenvalue weighted by Gasteiger charge is -2.18. The van der Waals surface area contributed by atoms with Gasteiger partial charge in [-0.15, -0.1) is 0 Å². The van der Waals surface area contributed by atoms with Gasteiger partial charge in [-0.25, -0.2) is 24.3 Å². The van der Waals surface area contributed by atoms with Crippen molar-refractivity contribution in [2.45, 2.75) is 59.3 Å². The second-order valence-corrected chi connectivity index (χ2v) is 10.2. The minimum Gasteiger partial charge on any atom is -0.491 e. The van der Waals surface area contributed by atoms with Crippen LogP contribution in [0.3, 0.4) is 0 Å². The molecule has 0 saturated carbocycles. The molecule has 0 spiro atoms. The van der Waals surface area contributed by atoms with Crippen molar-refractivity contribution in [2.75, 3.05) is 6.61 Å². The van der Waals surface area contributed by atoms with Crippen molar-refractivity contribution in [3.63, 3.8) is 0 Å². The van der Waals surface area contributed by atoms with E-state index in [1.165, 1.54) is 4.57 Å². The van der Waals surface area contributed by atoms with E-state index in [0.717, 1.165) is 29.7 Å². The quantitative estimate of drug-likeness (QED) is 0.236. The second-order valence-electron chi connectivity index (χ2n) is 10.2. The molecule has 0 amide bonds. The number of aromatic amines is 1. The van der Waals surface area contributed by atoms with Gasteiger partial charge in [0.25, 0.3) is 5.56 Å². The van der Waals surface area contributed by atoms with E-state index in [1.54, 1.807) is 18.6 Å². The molecule has 1 N–H and O–H groups in total. The van der Waals surface area contributed by atoms with Gasteiger partial charge in [0, 0.05) is 35.2 Å². The Bertz CT molecular complexity index is 1770. The highest BCUT2D eigenvalue weighted by atomic mass is 16.5. The minimum absolute atomic E-state index is 0.0250. The van der Waals surface area contributed by atoms with Gasteiger partial charge >= 0.3 is 5.76 Å². The molecule has 0 bridgehead atoms. The summed E-state index contributed by atoms with van der Waals surface area (Å²) in [6.45, 7) is 8.51. The molecule has 5 aromatic rings. The Hall–Kier alpha value is -4.93. The van der Waals surface area contributed by atoms with E-state index in [-0.39, 0.29) is 17.4 Å². The molecule has 0 fully saturated rings. The molecule has 0 aliphatic rings. The number of aromatic nitrogens is 7. The SMILES string of the molecule is CCCCc1nc(C(C)C)n(-c2ncc(OCC)cn2)c(=O)c1Cc1ccc(-c2ccccc2-c2noc(=O)[nH]2)nc1. The number of nitrogens with one attached hydrogen (secondary N) is 1. The van der Waals surface area contributed by atoms with E-state index >= 15 is 0 Å². The fraction of sp³-hybridized carbons (Fsp3) is 0.323. The van der Waals surface area contributed by atoms with Gasteiger partial charge in [-0.1, -0.05) is 62.7 Å². The first-order valence-corrected chi connectivity index (χ1v) is 14.1. The van der Waals surface area contributed by atoms with Gasteiger partial charge < -0.3 is 4.74 Å². The first kappa shape index (κ1) is 28.6. The monoisotopic (exact) mass is 567 g/mol. The first-order valence-electron chi connectivity index (χ1n) is 14.1. The number of nitrogens with zero attached hydrogens (tertiary/aromatic N) is 6. The molecule has 5 rings (SSSR count). The fourth-order valence-corrected chi connectivity index (χ4v) is 4.74. The molecule has 11 nitrogen and oxygen atoms in total. The number of H-pyrrole nitrogens is 1. The maximum absolute atomic E-state index is 14.1. The summed E-state index contributed by atoms with van der Waals surface area (Å²) >= 11 is 0. The van der Waals surface area contributed by atoms with E-state index in [4.69, 9.17) is 19.2 Å². The second kappa shape index (κ2) is 12.7. The van der Waals surface area contributed by atoms with Crippen molar-refractivity contribution in [3.05, 3.63) is 98.5 Å². The minimum atomic E-state index is -0.625. The highest BCUT2D eigenvalue weighted by molar-refractivity contribution is 5.78. The molecule has 4 heterocycles. The van der Waals surface area contributed by atoms with Gasteiger partial charge in [-0.3, -0.25) is 19.3 Å². The lowest BCUT2D eigenvalue weighted by molar-refractivity contribution is 0.337. The lowest BCUT2D eigenvalue weighted by Crippen LogP contribution is -2.31. The zero-order valence-corrected chi connectivity index (χ0v) is 24.1. The predicted octanol–water partition coefficient (Wildman–Crippen LogP) is 4.88. The Morgan fingerprint density at radius 2 is 1.74 bits per heavy atom. The highest BCUT2D eigenvalue weighted by Gasteiger charge is 2.22. The number of rotatable bonds is 11. The largest absolute Gasteiger partial charge is 0.491 e. The van der Waals surface area contributed by atoms with Crippen LogP contribution in [0.2, 0.25) is 0 Å². The van der Waals surface area contributed by atoms with Crippen LogP contribution in [-0.2, 0) is 12.8 Å². The normalized spacial score (nSPS) is 11.3. The fourth-order valence-electron chi connectivity index (χ4n) is 4.74. The topological polar surface area (TPSA) is 142 Å². The van der Waals surface area contributed by atoms with Crippen LogP contribution in [-0.4, -0.2) is 41.3 Å². The van der Waals surface area contributed by atoms with Crippen LogP contribution in [0.1, 0.15) is 69.1 Å². The van der Waals surface area contributed by atoms with Gasteiger partial charge in [0.2, 0.25) is 5.95 Å². The summed E-state index contributed by atoms with van der Waals surface area (Å²) in [5, 5.41) is 3.82. The highest BCUT2D eigenvalue weighted by Crippen LogP contribution is 2.28. The van der Waals surface area contributed by atoms with Crippen LogP contribution in [0.4, 0.5) is 0 Å². The summed E-state index contributed by atoms with van der Waals surface area (Å²) in [5.41, 5.74) is 4.23. The molecule has 0 saturated heterocycles. The van der Waals surface area contributed by atoms with Crippen molar-refractivity contribution >= 4 is 0 Å². The third kappa shape index (κ3) is 6.04. The van der Waals surface area contributed by atoms with Gasteiger partial charge in [-0.05, 0) is 31.4 Å². The van der Waals surface area contributed by atoms with Crippen LogP contribution < -0.4 is 16.1 Å². The molecule has 216 valence electrons. The van der Waals surface area contributed by atoms with Crippen molar-refractivity contribution in [1.29, 1.82) is 0 Å². The van der Waals surface area contributed by atoms with Crippen LogP contribution in [0.25, 0.3) is 28.6 Å². The summed E-state index contributed by atoms with van der Waals surface area (Å²) in [6.07, 6.45) is 7.85. The molecule has 0 unspecified atom stereocenters. The number of benzene rings is 1. The van der Waals surface area contributed by atoms with Crippen LogP contribution in [0.5, 0.6) is 5.75 Å². The molecule has 4 aromatic heterocycles. The molecule has 1 aromatic carbocycles. The van der Waals surface area contributed by atoms with E-state index in [9.17, 15) is 9.59 Å². The summed E-state index contributed by atoms with van der Waals surface area (Å²) in [7, 11) is 0. The number of aryl methyl sites for hydroxylation is 1. The summed E-state index contributed by atoms with van der Waals surface area (Å²) in [6, 6.07) is 11.3. The number of unbranched alkanes of at least 4 members (excludes halogenated alkanes) is 1. The summed E-state index contributed by atoms with van der Waals surface area (Å²) in [4.78, 5) is 46.8. The Morgan fingerprint density at radius 1 is 0.976 bits per heavy atom. The maximum Gasteiger partial charge on any atom is 0.439 e. The maximum atomic E-state index is 14.1. The lowest BCUT2D eigenvalue weighted by atomic mass is 10.00. The average molecular weight is 568 g/mol. The number of hydrogen-bond donors (Lipinski definition) is 1. The van der Waals surface area contributed by atoms with E-state index in [2.05, 4.69) is 27.0 Å². The number of hydrogen-bond acceptors (Lipinski definition) is 9. The molecular formula is C31H33N7O4. The predicted molar refractivity (Wildman–Crippen MR) is 158 cm³/mol. The number of pyridine rings is 1. The Balaban J connectivity index is 1.54. The molecule has 0 aliphatic heterocycles. The Kier molecular flexibility index (Phi) is 8.66. The standard InChI is InChI=1S/C31H33N7O4/c1-5-7-12-26-24(29(39)38(28(35-26)19(3)4)30-33-17-21(18-34-30)41-6-2)15-20-13-14-25(32-16-20)22-10-8-9-11-23(22)27-36-31(40)42-37-27/h8-11,13-14,16-19H,5-7,12,15H2,1-4H3,(H,36,37,40). The smallest absolute Gasteiger partial charge is 0.439 e. The summed E-state index contributed by atoms with van der Waals surface area (Å²) < 4.78 is 11.7. The van der Waals surface area contributed by atoms with Crippen molar-refractivity contribution < 1.29 is 9.26 Å². The molecule has 11 heteroatoms. The zero-order chi connectivity index (χ0) is 29.6. The average Bonchev–Trinajstić information content (AvgIpc) is 3.44.